The number of nitrogens with zero attached hydrogens (tertiary/aromatic N) is 1. The van der Waals surface area contributed by atoms with Crippen molar-refractivity contribution in [1.29, 1.82) is 0 Å². The number of benzene rings is 1. The first kappa shape index (κ1) is 19.8. The van der Waals surface area contributed by atoms with Crippen LogP contribution in [0, 0.1) is 11.7 Å². The molecule has 1 heterocycles. The second-order valence-electron chi connectivity index (χ2n) is 6.24. The second kappa shape index (κ2) is 7.77. The van der Waals surface area contributed by atoms with E-state index < -0.39 is 23.6 Å². The lowest BCUT2D eigenvalue weighted by atomic mass is 9.75. The molecule has 1 N–H and O–H groups in total. The van der Waals surface area contributed by atoms with Crippen molar-refractivity contribution in [2.24, 2.45) is 5.92 Å². The van der Waals surface area contributed by atoms with Crippen molar-refractivity contribution in [1.82, 2.24) is 10.2 Å². The topological polar surface area (TPSA) is 15.3 Å². The molecule has 0 unspecified atom stereocenters. The molecule has 1 aliphatic heterocycles. The number of rotatable bonds is 3. The zero-order valence-corrected chi connectivity index (χ0v) is 14.6. The molecule has 24 heavy (non-hydrogen) atoms. The lowest BCUT2D eigenvalue weighted by Gasteiger charge is -2.44. The molecule has 8 heteroatoms. The minimum atomic E-state index is -4.59. The van der Waals surface area contributed by atoms with Gasteiger partial charge in [-0.2, -0.15) is 13.2 Å². The van der Waals surface area contributed by atoms with Crippen LogP contribution in [0.5, 0.6) is 0 Å². The highest BCUT2D eigenvalue weighted by Gasteiger charge is 2.43. The summed E-state index contributed by atoms with van der Waals surface area (Å²) in [6.07, 6.45) is -1.94. The predicted molar refractivity (Wildman–Crippen MR) is 88.2 cm³/mol. The molecule has 1 saturated carbocycles. The van der Waals surface area contributed by atoms with E-state index in [0.29, 0.717) is 26.2 Å². The highest BCUT2D eigenvalue weighted by atomic mass is 35.5. The van der Waals surface area contributed by atoms with E-state index in [0.717, 1.165) is 31.4 Å². The quantitative estimate of drug-likeness (QED) is 0.759. The first-order chi connectivity index (χ1) is 10.9. The van der Waals surface area contributed by atoms with Crippen molar-refractivity contribution in [2.45, 2.75) is 31.5 Å². The minimum Gasteiger partial charge on any atom is -0.314 e. The second-order valence-corrected chi connectivity index (χ2v) is 6.65. The van der Waals surface area contributed by atoms with Crippen molar-refractivity contribution in [3.63, 3.8) is 0 Å². The van der Waals surface area contributed by atoms with E-state index >= 15 is 0 Å². The summed E-state index contributed by atoms with van der Waals surface area (Å²) in [6, 6.07) is 1.36. The standard InChI is InChI=1S/C16H19ClF4N2.ClH/c17-12-5-4-11(16(19,20)21)13(14(12)18)15(10-2-1-3-10)23-8-6-22-7-9-23;/h4-5,10,15,22H,1-3,6-9H2;1H/t15-;/m0./s1. The summed E-state index contributed by atoms with van der Waals surface area (Å²) < 4.78 is 54.9. The molecule has 0 aromatic heterocycles. The molecule has 1 saturated heterocycles. The first-order valence-corrected chi connectivity index (χ1v) is 8.27. The maximum Gasteiger partial charge on any atom is 0.416 e. The van der Waals surface area contributed by atoms with Crippen LogP contribution in [-0.4, -0.2) is 31.1 Å². The third kappa shape index (κ3) is 3.82. The van der Waals surface area contributed by atoms with Gasteiger partial charge in [0.15, 0.2) is 0 Å². The maximum atomic E-state index is 14.6. The van der Waals surface area contributed by atoms with E-state index in [-0.39, 0.29) is 28.9 Å². The first-order valence-electron chi connectivity index (χ1n) is 7.89. The molecule has 0 bridgehead atoms. The number of piperazine rings is 1. The molecule has 2 nitrogen and oxygen atoms in total. The summed E-state index contributed by atoms with van der Waals surface area (Å²) in [4.78, 5) is 1.98. The van der Waals surface area contributed by atoms with Gasteiger partial charge in [-0.05, 0) is 30.9 Å². The zero-order chi connectivity index (χ0) is 16.6. The SMILES string of the molecule is Cl.Fc1c(Cl)ccc(C(F)(F)F)c1[C@H](C1CCC1)N1CCNCC1. The highest BCUT2D eigenvalue weighted by molar-refractivity contribution is 6.30. The van der Waals surface area contributed by atoms with E-state index in [9.17, 15) is 17.6 Å². The fraction of sp³-hybridized carbons (Fsp3) is 0.625. The van der Waals surface area contributed by atoms with E-state index in [4.69, 9.17) is 11.6 Å². The van der Waals surface area contributed by atoms with Crippen molar-refractivity contribution in [3.8, 4) is 0 Å². The number of nitrogens with one attached hydrogen (secondary N) is 1. The Morgan fingerprint density at radius 3 is 2.29 bits per heavy atom. The smallest absolute Gasteiger partial charge is 0.314 e. The zero-order valence-electron chi connectivity index (χ0n) is 13.0. The van der Waals surface area contributed by atoms with Crippen LogP contribution in [0.25, 0.3) is 0 Å². The molecule has 0 radical (unpaired) electrons. The van der Waals surface area contributed by atoms with E-state index in [1.807, 2.05) is 4.90 Å². The summed E-state index contributed by atoms with van der Waals surface area (Å²) in [5.74, 6) is -0.862. The molecule has 0 amide bonds. The Balaban J connectivity index is 0.00000208. The Hall–Kier alpha value is -0.560. The Kier molecular flexibility index (Phi) is 6.40. The van der Waals surface area contributed by atoms with Gasteiger partial charge in [0.1, 0.15) is 5.82 Å². The summed E-state index contributed by atoms with van der Waals surface area (Å²) in [6.45, 7) is 2.63. The van der Waals surface area contributed by atoms with Crippen LogP contribution in [0.1, 0.15) is 36.4 Å². The van der Waals surface area contributed by atoms with Crippen molar-refractivity contribution in [2.75, 3.05) is 26.2 Å². The van der Waals surface area contributed by atoms with Gasteiger partial charge in [0.2, 0.25) is 0 Å². The summed E-state index contributed by atoms with van der Waals surface area (Å²) in [5.41, 5.74) is -1.16. The fourth-order valence-electron chi connectivity index (χ4n) is 3.53. The summed E-state index contributed by atoms with van der Waals surface area (Å²) >= 11 is 5.81. The van der Waals surface area contributed by atoms with E-state index in [1.165, 1.54) is 0 Å². The largest absolute Gasteiger partial charge is 0.416 e. The third-order valence-electron chi connectivity index (χ3n) is 4.88. The Morgan fingerprint density at radius 1 is 1.17 bits per heavy atom. The Labute approximate surface area is 149 Å². The number of halogens is 6. The molecule has 1 atom stereocenters. The van der Waals surface area contributed by atoms with Crippen LogP contribution >= 0.6 is 24.0 Å². The highest BCUT2D eigenvalue weighted by Crippen LogP contribution is 2.47. The molecule has 3 rings (SSSR count). The molecule has 1 aromatic rings. The van der Waals surface area contributed by atoms with Crippen LogP contribution in [0.15, 0.2) is 12.1 Å². The van der Waals surface area contributed by atoms with Gasteiger partial charge in [-0.1, -0.05) is 18.0 Å². The molecule has 2 aliphatic rings. The van der Waals surface area contributed by atoms with Crippen LogP contribution in [0.2, 0.25) is 5.02 Å². The lowest BCUT2D eigenvalue weighted by molar-refractivity contribution is -0.139. The van der Waals surface area contributed by atoms with Crippen LogP contribution < -0.4 is 5.32 Å². The molecular weight excluding hydrogens is 367 g/mol. The Morgan fingerprint density at radius 2 is 1.79 bits per heavy atom. The molecule has 1 aromatic carbocycles. The van der Waals surface area contributed by atoms with Gasteiger partial charge in [0, 0.05) is 37.8 Å². The van der Waals surface area contributed by atoms with Crippen molar-refractivity contribution >= 4 is 24.0 Å². The van der Waals surface area contributed by atoms with E-state index in [1.54, 1.807) is 0 Å². The van der Waals surface area contributed by atoms with Crippen LogP contribution in [0.4, 0.5) is 17.6 Å². The number of alkyl halides is 3. The third-order valence-corrected chi connectivity index (χ3v) is 5.17. The van der Waals surface area contributed by atoms with Gasteiger partial charge in [0.25, 0.3) is 0 Å². The summed E-state index contributed by atoms with van der Waals surface area (Å²) in [7, 11) is 0. The average molecular weight is 387 g/mol. The number of hydrogen-bond donors (Lipinski definition) is 1. The average Bonchev–Trinajstić information content (AvgIpc) is 2.45. The van der Waals surface area contributed by atoms with Crippen molar-refractivity contribution in [3.05, 3.63) is 34.1 Å². The fourth-order valence-corrected chi connectivity index (χ4v) is 3.70. The van der Waals surface area contributed by atoms with Crippen LogP contribution in [-0.2, 0) is 6.18 Å². The predicted octanol–water partition coefficient (Wildman–Crippen LogP) is 4.67. The van der Waals surface area contributed by atoms with Gasteiger partial charge in [-0.15, -0.1) is 12.4 Å². The van der Waals surface area contributed by atoms with Gasteiger partial charge in [-0.3, -0.25) is 4.90 Å². The van der Waals surface area contributed by atoms with Gasteiger partial charge in [-0.25, -0.2) is 4.39 Å². The normalized spacial score (nSPS) is 21.0. The van der Waals surface area contributed by atoms with Gasteiger partial charge in [0.05, 0.1) is 10.6 Å². The van der Waals surface area contributed by atoms with E-state index in [2.05, 4.69) is 5.32 Å². The number of hydrogen-bond acceptors (Lipinski definition) is 2. The lowest BCUT2D eigenvalue weighted by Crippen LogP contribution is -2.48. The molecule has 2 fully saturated rings. The molecule has 1 aliphatic carbocycles. The molecule has 136 valence electrons. The van der Waals surface area contributed by atoms with Crippen LogP contribution in [0.3, 0.4) is 0 Å². The Bertz CT molecular complexity index is 570. The maximum absolute atomic E-state index is 14.6. The van der Waals surface area contributed by atoms with Gasteiger partial charge >= 0.3 is 6.18 Å². The van der Waals surface area contributed by atoms with Gasteiger partial charge < -0.3 is 5.32 Å². The summed E-state index contributed by atoms with van der Waals surface area (Å²) in [5, 5.41) is 2.94. The minimum absolute atomic E-state index is 0. The van der Waals surface area contributed by atoms with Crippen molar-refractivity contribution < 1.29 is 17.6 Å². The molecular formula is C16H20Cl2F4N2. The monoisotopic (exact) mass is 386 g/mol. The molecule has 0 spiro atoms.